The van der Waals surface area contributed by atoms with Gasteiger partial charge >= 0.3 is 11.9 Å². The Bertz CT molecular complexity index is 769. The van der Waals surface area contributed by atoms with Gasteiger partial charge in [-0.25, -0.2) is 4.79 Å². The van der Waals surface area contributed by atoms with E-state index in [1.165, 1.54) is 6.92 Å². The zero-order valence-corrected chi connectivity index (χ0v) is 14.2. The number of rotatable bonds is 4. The monoisotopic (exact) mass is 340 g/mol. The zero-order chi connectivity index (χ0) is 17.8. The van der Waals surface area contributed by atoms with Crippen molar-refractivity contribution in [3.63, 3.8) is 0 Å². The molecule has 0 radical (unpaired) electrons. The van der Waals surface area contributed by atoms with E-state index in [0.29, 0.717) is 12.0 Å². The van der Waals surface area contributed by atoms with Crippen LogP contribution in [0.4, 0.5) is 0 Å². The molecule has 130 valence electrons. The maximum atomic E-state index is 12.4. The third-order valence-corrected chi connectivity index (χ3v) is 4.25. The van der Waals surface area contributed by atoms with Crippen molar-refractivity contribution in [3.8, 4) is 5.75 Å². The molecule has 0 bridgehead atoms. The molecule has 2 aromatic carbocycles. The average Bonchev–Trinajstić information content (AvgIpc) is 2.63. The summed E-state index contributed by atoms with van der Waals surface area (Å²) in [5.41, 5.74) is 2.37. The van der Waals surface area contributed by atoms with Crippen LogP contribution in [0.1, 0.15) is 40.9 Å². The highest BCUT2D eigenvalue weighted by Gasteiger charge is 2.35. The highest BCUT2D eigenvalue weighted by Crippen LogP contribution is 2.37. The molecular formula is C20H20O5. The van der Waals surface area contributed by atoms with Gasteiger partial charge in [0.2, 0.25) is 0 Å². The molecule has 0 aromatic heterocycles. The van der Waals surface area contributed by atoms with Crippen molar-refractivity contribution in [2.24, 2.45) is 0 Å². The van der Waals surface area contributed by atoms with Gasteiger partial charge in [0.15, 0.2) is 6.10 Å². The third-order valence-electron chi connectivity index (χ3n) is 4.25. The van der Waals surface area contributed by atoms with Crippen molar-refractivity contribution in [1.82, 2.24) is 0 Å². The summed E-state index contributed by atoms with van der Waals surface area (Å²) < 4.78 is 16.4. The number of carbonyl (C=O) groups is 2. The summed E-state index contributed by atoms with van der Waals surface area (Å²) in [6.07, 6.45) is 0.172. The van der Waals surface area contributed by atoms with Crippen LogP contribution in [0.5, 0.6) is 5.75 Å². The van der Waals surface area contributed by atoms with Gasteiger partial charge < -0.3 is 14.2 Å². The van der Waals surface area contributed by atoms with Gasteiger partial charge in [-0.1, -0.05) is 24.3 Å². The van der Waals surface area contributed by atoms with E-state index < -0.39 is 24.1 Å². The van der Waals surface area contributed by atoms with E-state index in [-0.39, 0.29) is 0 Å². The van der Waals surface area contributed by atoms with Crippen molar-refractivity contribution in [2.45, 2.75) is 32.0 Å². The summed E-state index contributed by atoms with van der Waals surface area (Å²) in [5, 5.41) is 0. The summed E-state index contributed by atoms with van der Waals surface area (Å²) >= 11 is 0. The molecule has 0 spiro atoms. The number of hydrogen-bond acceptors (Lipinski definition) is 5. The van der Waals surface area contributed by atoms with Gasteiger partial charge in [-0.2, -0.15) is 0 Å². The van der Waals surface area contributed by atoms with Crippen LogP contribution in [-0.4, -0.2) is 25.2 Å². The summed E-state index contributed by atoms with van der Waals surface area (Å²) in [4.78, 5) is 23.9. The van der Waals surface area contributed by atoms with Crippen LogP contribution in [-0.2, 0) is 20.7 Å². The molecule has 0 saturated carbocycles. The van der Waals surface area contributed by atoms with Crippen molar-refractivity contribution < 1.29 is 23.8 Å². The number of ether oxygens (including phenoxy) is 3. The predicted molar refractivity (Wildman–Crippen MR) is 91.5 cm³/mol. The topological polar surface area (TPSA) is 61.8 Å². The standard InChI is InChI=1S/C20H20O5/c1-13(21)24-19-17-10-9-16(23-2)12-15(17)8-11-18(19)25-20(22)14-6-4-3-5-7-14/h3-7,9-10,12,18-19H,8,11H2,1-2H3/t18-,19+/m1/s1. The smallest absolute Gasteiger partial charge is 0.338 e. The zero-order valence-electron chi connectivity index (χ0n) is 14.2. The number of hydrogen-bond donors (Lipinski definition) is 0. The van der Waals surface area contributed by atoms with Gasteiger partial charge in [-0.05, 0) is 48.2 Å². The lowest BCUT2D eigenvalue weighted by Crippen LogP contribution is -2.33. The molecule has 0 fully saturated rings. The van der Waals surface area contributed by atoms with Crippen LogP contribution >= 0.6 is 0 Å². The second-order valence-corrected chi connectivity index (χ2v) is 5.94. The second-order valence-electron chi connectivity index (χ2n) is 5.94. The number of fused-ring (bicyclic) bond motifs is 1. The van der Waals surface area contributed by atoms with E-state index in [9.17, 15) is 9.59 Å². The van der Waals surface area contributed by atoms with E-state index in [2.05, 4.69) is 0 Å². The fourth-order valence-corrected chi connectivity index (χ4v) is 3.07. The molecule has 1 aliphatic rings. The van der Waals surface area contributed by atoms with Crippen molar-refractivity contribution in [3.05, 3.63) is 65.2 Å². The minimum atomic E-state index is -0.611. The lowest BCUT2D eigenvalue weighted by atomic mass is 9.87. The first-order chi connectivity index (χ1) is 12.1. The van der Waals surface area contributed by atoms with Gasteiger partial charge in [0.25, 0.3) is 0 Å². The van der Waals surface area contributed by atoms with Crippen LogP contribution in [0.2, 0.25) is 0 Å². The molecule has 25 heavy (non-hydrogen) atoms. The van der Waals surface area contributed by atoms with E-state index in [0.717, 1.165) is 23.3 Å². The van der Waals surface area contributed by atoms with Crippen LogP contribution in [0.25, 0.3) is 0 Å². The van der Waals surface area contributed by atoms with Crippen LogP contribution < -0.4 is 4.74 Å². The Morgan fingerprint density at radius 2 is 1.80 bits per heavy atom. The summed E-state index contributed by atoms with van der Waals surface area (Å²) in [6, 6.07) is 14.4. The molecule has 1 aliphatic carbocycles. The summed E-state index contributed by atoms with van der Waals surface area (Å²) in [7, 11) is 1.61. The molecule has 0 unspecified atom stereocenters. The highest BCUT2D eigenvalue weighted by atomic mass is 16.6. The number of carbonyl (C=O) groups excluding carboxylic acids is 2. The molecule has 0 amide bonds. The Kier molecular flexibility index (Phi) is 5.03. The SMILES string of the molecule is COc1ccc2c(c1)CC[C@@H](OC(=O)c1ccccc1)[C@H]2OC(C)=O. The predicted octanol–water partition coefficient (Wildman–Crippen LogP) is 3.47. The van der Waals surface area contributed by atoms with E-state index in [1.54, 1.807) is 31.4 Å². The van der Waals surface area contributed by atoms with Crippen LogP contribution in [0, 0.1) is 0 Å². The third kappa shape index (κ3) is 3.82. The quantitative estimate of drug-likeness (QED) is 0.798. The second kappa shape index (κ2) is 7.38. The van der Waals surface area contributed by atoms with E-state index in [4.69, 9.17) is 14.2 Å². The van der Waals surface area contributed by atoms with Crippen molar-refractivity contribution in [1.29, 1.82) is 0 Å². The molecule has 5 heteroatoms. The minimum Gasteiger partial charge on any atom is -0.497 e. The first-order valence-corrected chi connectivity index (χ1v) is 8.18. The lowest BCUT2D eigenvalue weighted by molar-refractivity contribution is -0.154. The highest BCUT2D eigenvalue weighted by molar-refractivity contribution is 5.89. The molecular weight excluding hydrogens is 320 g/mol. The largest absolute Gasteiger partial charge is 0.497 e. The van der Waals surface area contributed by atoms with Crippen molar-refractivity contribution >= 4 is 11.9 Å². The van der Waals surface area contributed by atoms with E-state index in [1.807, 2.05) is 24.3 Å². The normalized spacial score (nSPS) is 18.8. The number of methoxy groups -OCH3 is 1. The number of esters is 2. The Balaban J connectivity index is 1.85. The Hall–Kier alpha value is -2.82. The molecule has 0 N–H and O–H groups in total. The van der Waals surface area contributed by atoms with Gasteiger partial charge in [0.05, 0.1) is 12.7 Å². The first kappa shape index (κ1) is 17.0. The fourth-order valence-electron chi connectivity index (χ4n) is 3.07. The van der Waals surface area contributed by atoms with Gasteiger partial charge in [-0.3, -0.25) is 4.79 Å². The molecule has 0 heterocycles. The molecule has 0 aliphatic heterocycles. The Morgan fingerprint density at radius 3 is 2.48 bits per heavy atom. The van der Waals surface area contributed by atoms with Crippen LogP contribution in [0.15, 0.2) is 48.5 Å². The maximum absolute atomic E-state index is 12.4. The molecule has 2 aromatic rings. The summed E-state index contributed by atoms with van der Waals surface area (Å²) in [6.45, 7) is 1.36. The van der Waals surface area contributed by atoms with Crippen LogP contribution in [0.3, 0.4) is 0 Å². The molecule has 2 atom stereocenters. The number of benzene rings is 2. The van der Waals surface area contributed by atoms with Gasteiger partial charge in [0, 0.05) is 6.92 Å². The first-order valence-electron chi connectivity index (χ1n) is 8.18. The van der Waals surface area contributed by atoms with Gasteiger partial charge in [-0.15, -0.1) is 0 Å². The fraction of sp³-hybridized carbons (Fsp3) is 0.300. The van der Waals surface area contributed by atoms with Crippen molar-refractivity contribution in [2.75, 3.05) is 7.11 Å². The average molecular weight is 340 g/mol. The molecule has 5 nitrogen and oxygen atoms in total. The number of aryl methyl sites for hydroxylation is 1. The van der Waals surface area contributed by atoms with Gasteiger partial charge in [0.1, 0.15) is 11.9 Å². The lowest BCUT2D eigenvalue weighted by Gasteiger charge is -2.32. The Morgan fingerprint density at radius 1 is 1.04 bits per heavy atom. The molecule has 0 saturated heterocycles. The summed E-state index contributed by atoms with van der Waals surface area (Å²) in [5.74, 6) is -0.0748. The maximum Gasteiger partial charge on any atom is 0.338 e. The Labute approximate surface area is 146 Å². The minimum absolute atomic E-state index is 0.408. The van der Waals surface area contributed by atoms with E-state index >= 15 is 0 Å². The molecule has 3 rings (SSSR count).